The highest BCUT2D eigenvalue weighted by Gasteiger charge is 2.27. The Morgan fingerprint density at radius 1 is 1.15 bits per heavy atom. The van der Waals surface area contributed by atoms with Gasteiger partial charge in [0.25, 0.3) is 5.91 Å². The van der Waals surface area contributed by atoms with E-state index in [2.05, 4.69) is 10.2 Å². The lowest BCUT2D eigenvalue weighted by molar-refractivity contribution is 0.0590. The molecule has 2 aliphatic rings. The summed E-state index contributed by atoms with van der Waals surface area (Å²) in [6.07, 6.45) is 3.69. The fourth-order valence-electron chi connectivity index (χ4n) is 3.71. The van der Waals surface area contributed by atoms with Crippen LogP contribution in [0.2, 0.25) is 5.02 Å². The monoisotopic (exact) mass is 389 g/mol. The van der Waals surface area contributed by atoms with Crippen LogP contribution in [0.25, 0.3) is 0 Å². The van der Waals surface area contributed by atoms with Crippen LogP contribution in [-0.4, -0.2) is 53.4 Å². The topological polar surface area (TPSA) is 67.5 Å². The van der Waals surface area contributed by atoms with Gasteiger partial charge in [-0.2, -0.15) is 5.10 Å². The van der Waals surface area contributed by atoms with Gasteiger partial charge < -0.3 is 14.4 Å². The summed E-state index contributed by atoms with van der Waals surface area (Å²) in [6.45, 7) is 2.90. The number of piperidine rings is 1. The third-order valence-electron chi connectivity index (χ3n) is 5.32. The fraction of sp³-hybridized carbons (Fsp3) is 0.500. The molecule has 0 unspecified atom stereocenters. The molecule has 0 spiro atoms. The molecule has 1 N–H and O–H groups in total. The maximum absolute atomic E-state index is 12.8. The normalized spacial score (nSPS) is 19.2. The van der Waals surface area contributed by atoms with E-state index in [1.165, 1.54) is 0 Å². The second-order valence-electron chi connectivity index (χ2n) is 7.16. The Kier molecular flexibility index (Phi) is 5.64. The molecule has 3 heterocycles. The molecular formula is C20H24ClN3O3. The number of H-pyrrole nitrogens is 1. The number of nitrogens with zero attached hydrogens (tertiary/aromatic N) is 2. The maximum Gasteiger partial charge on any atom is 0.274 e. The number of carbonyl (C=O) groups excluding carboxylic acids is 1. The van der Waals surface area contributed by atoms with Gasteiger partial charge in [-0.1, -0.05) is 11.6 Å². The summed E-state index contributed by atoms with van der Waals surface area (Å²) < 4.78 is 11.4. The first-order chi connectivity index (χ1) is 13.2. The van der Waals surface area contributed by atoms with Gasteiger partial charge in [0.15, 0.2) is 0 Å². The molecule has 0 aliphatic carbocycles. The number of aromatic nitrogens is 2. The van der Waals surface area contributed by atoms with E-state index in [1.807, 2.05) is 35.2 Å². The third kappa shape index (κ3) is 4.45. The molecule has 27 heavy (non-hydrogen) atoms. The van der Waals surface area contributed by atoms with Crippen LogP contribution in [-0.2, 0) is 4.74 Å². The van der Waals surface area contributed by atoms with Crippen molar-refractivity contribution < 1.29 is 14.3 Å². The lowest BCUT2D eigenvalue weighted by atomic mass is 9.96. The molecule has 7 heteroatoms. The predicted octanol–water partition coefficient (Wildman–Crippen LogP) is 3.64. The highest BCUT2D eigenvalue weighted by atomic mass is 35.5. The van der Waals surface area contributed by atoms with E-state index in [-0.39, 0.29) is 12.0 Å². The zero-order chi connectivity index (χ0) is 18.6. The standard InChI is InChI=1S/C20H24ClN3O3/c21-15-1-3-16(4-2-15)27-17-5-9-24(10-6-17)20(25)19-13-18(22-23-19)14-7-11-26-12-8-14/h1-4,13-14,17H,5-12H2,(H,22,23). The second-order valence-corrected chi connectivity index (χ2v) is 7.59. The smallest absolute Gasteiger partial charge is 0.274 e. The Balaban J connectivity index is 1.30. The van der Waals surface area contributed by atoms with E-state index in [0.29, 0.717) is 29.7 Å². The highest BCUT2D eigenvalue weighted by Crippen LogP contribution is 2.26. The van der Waals surface area contributed by atoms with Gasteiger partial charge >= 0.3 is 0 Å². The van der Waals surface area contributed by atoms with Gasteiger partial charge in [-0.05, 0) is 43.2 Å². The summed E-state index contributed by atoms with van der Waals surface area (Å²) in [5, 5.41) is 8.01. The lowest BCUT2D eigenvalue weighted by Gasteiger charge is -2.31. The molecule has 2 aromatic rings. The van der Waals surface area contributed by atoms with Gasteiger partial charge in [-0.15, -0.1) is 0 Å². The minimum Gasteiger partial charge on any atom is -0.490 e. The van der Waals surface area contributed by atoms with Crippen LogP contribution >= 0.6 is 11.6 Å². The molecule has 1 amide bonds. The van der Waals surface area contributed by atoms with E-state index in [4.69, 9.17) is 21.1 Å². The molecule has 0 saturated carbocycles. The number of aromatic amines is 1. The number of amides is 1. The van der Waals surface area contributed by atoms with Gasteiger partial charge in [0, 0.05) is 55.8 Å². The van der Waals surface area contributed by atoms with Crippen molar-refractivity contribution in [2.45, 2.75) is 37.7 Å². The summed E-state index contributed by atoms with van der Waals surface area (Å²) >= 11 is 5.90. The number of carbonyl (C=O) groups is 1. The van der Waals surface area contributed by atoms with Gasteiger partial charge in [0.05, 0.1) is 0 Å². The van der Waals surface area contributed by atoms with Gasteiger partial charge in [-0.25, -0.2) is 0 Å². The number of ether oxygens (including phenoxy) is 2. The van der Waals surface area contributed by atoms with Crippen LogP contribution in [0.1, 0.15) is 47.8 Å². The van der Waals surface area contributed by atoms with Crippen molar-refractivity contribution in [1.29, 1.82) is 0 Å². The molecular weight excluding hydrogens is 366 g/mol. The highest BCUT2D eigenvalue weighted by molar-refractivity contribution is 6.30. The fourth-order valence-corrected chi connectivity index (χ4v) is 3.83. The molecule has 1 aromatic carbocycles. The van der Waals surface area contributed by atoms with E-state index in [0.717, 1.165) is 50.3 Å². The van der Waals surface area contributed by atoms with Crippen LogP contribution in [0.15, 0.2) is 30.3 Å². The summed E-state index contributed by atoms with van der Waals surface area (Å²) in [5.41, 5.74) is 1.55. The summed E-state index contributed by atoms with van der Waals surface area (Å²) in [4.78, 5) is 14.6. The molecule has 1 aromatic heterocycles. The molecule has 0 radical (unpaired) electrons. The van der Waals surface area contributed by atoms with Crippen LogP contribution in [0.4, 0.5) is 0 Å². The van der Waals surface area contributed by atoms with Crippen molar-refractivity contribution in [3.63, 3.8) is 0 Å². The predicted molar refractivity (Wildman–Crippen MR) is 102 cm³/mol. The molecule has 0 bridgehead atoms. The van der Waals surface area contributed by atoms with E-state index < -0.39 is 0 Å². The maximum atomic E-state index is 12.8. The summed E-state index contributed by atoms with van der Waals surface area (Å²) in [7, 11) is 0. The minimum atomic E-state index is -0.00509. The number of likely N-dealkylation sites (tertiary alicyclic amines) is 1. The van der Waals surface area contributed by atoms with Crippen LogP contribution in [0, 0.1) is 0 Å². The average Bonchev–Trinajstić information content (AvgIpc) is 3.21. The second kappa shape index (κ2) is 8.31. The average molecular weight is 390 g/mol. The van der Waals surface area contributed by atoms with Crippen LogP contribution in [0.3, 0.4) is 0 Å². The number of hydrogen-bond donors (Lipinski definition) is 1. The third-order valence-corrected chi connectivity index (χ3v) is 5.58. The van der Waals surface area contributed by atoms with Crippen molar-refractivity contribution >= 4 is 17.5 Å². The molecule has 144 valence electrons. The molecule has 2 aliphatic heterocycles. The molecule has 2 saturated heterocycles. The zero-order valence-corrected chi connectivity index (χ0v) is 16.0. The number of benzene rings is 1. The SMILES string of the molecule is O=C(c1cc(C2CCOCC2)[nH]n1)N1CCC(Oc2ccc(Cl)cc2)CC1. The first-order valence-electron chi connectivity index (χ1n) is 9.53. The van der Waals surface area contributed by atoms with E-state index in [1.54, 1.807) is 0 Å². The summed E-state index contributed by atoms with van der Waals surface area (Å²) in [6, 6.07) is 9.31. The lowest BCUT2D eigenvalue weighted by Crippen LogP contribution is -2.41. The van der Waals surface area contributed by atoms with Crippen molar-refractivity contribution in [1.82, 2.24) is 15.1 Å². The van der Waals surface area contributed by atoms with Gasteiger partial charge in [-0.3, -0.25) is 9.89 Å². The number of halogens is 1. The van der Waals surface area contributed by atoms with Gasteiger partial charge in [0.2, 0.25) is 0 Å². The Morgan fingerprint density at radius 2 is 1.85 bits per heavy atom. The Bertz CT molecular complexity index is 763. The first kappa shape index (κ1) is 18.3. The Hall–Kier alpha value is -2.05. The number of hydrogen-bond acceptors (Lipinski definition) is 4. The molecule has 6 nitrogen and oxygen atoms in total. The van der Waals surface area contributed by atoms with Crippen LogP contribution < -0.4 is 4.74 Å². The summed E-state index contributed by atoms with van der Waals surface area (Å²) in [5.74, 6) is 1.22. The molecule has 2 fully saturated rings. The van der Waals surface area contributed by atoms with Crippen molar-refractivity contribution in [3.05, 3.63) is 46.7 Å². The minimum absolute atomic E-state index is 0.00509. The Labute approximate surface area is 163 Å². The first-order valence-corrected chi connectivity index (χ1v) is 9.91. The van der Waals surface area contributed by atoms with Crippen molar-refractivity contribution in [2.75, 3.05) is 26.3 Å². The molecule has 0 atom stereocenters. The van der Waals surface area contributed by atoms with E-state index in [9.17, 15) is 4.79 Å². The zero-order valence-electron chi connectivity index (χ0n) is 15.2. The largest absolute Gasteiger partial charge is 0.490 e. The van der Waals surface area contributed by atoms with Gasteiger partial charge in [0.1, 0.15) is 17.5 Å². The van der Waals surface area contributed by atoms with Crippen molar-refractivity contribution in [2.24, 2.45) is 0 Å². The van der Waals surface area contributed by atoms with Crippen LogP contribution in [0.5, 0.6) is 5.75 Å². The van der Waals surface area contributed by atoms with Crippen molar-refractivity contribution in [3.8, 4) is 5.75 Å². The number of rotatable bonds is 4. The Morgan fingerprint density at radius 3 is 2.56 bits per heavy atom. The molecule has 4 rings (SSSR count). The number of nitrogens with one attached hydrogen (secondary N) is 1. The van der Waals surface area contributed by atoms with E-state index >= 15 is 0 Å². The quantitative estimate of drug-likeness (QED) is 0.866.